The van der Waals surface area contributed by atoms with Crippen LogP contribution in [0.3, 0.4) is 0 Å². The van der Waals surface area contributed by atoms with Crippen LogP contribution >= 0.6 is 12.2 Å². The van der Waals surface area contributed by atoms with Gasteiger partial charge in [-0.3, -0.25) is 0 Å². The first-order valence-electron chi connectivity index (χ1n) is 6.36. The third kappa shape index (κ3) is 3.30. The Morgan fingerprint density at radius 2 is 1.85 bits per heavy atom. The van der Waals surface area contributed by atoms with Crippen molar-refractivity contribution in [1.29, 1.82) is 0 Å². The molecule has 20 heavy (non-hydrogen) atoms. The van der Waals surface area contributed by atoms with Crippen molar-refractivity contribution in [2.75, 3.05) is 5.32 Å². The van der Waals surface area contributed by atoms with Crippen molar-refractivity contribution < 1.29 is 0 Å². The molecule has 0 radical (unpaired) electrons. The number of thiocarbonyl (C=S) groups is 1. The van der Waals surface area contributed by atoms with Crippen LogP contribution in [0.1, 0.15) is 32.0 Å². The lowest BCUT2D eigenvalue weighted by atomic mass is 9.86. The lowest BCUT2D eigenvalue weighted by Crippen LogP contribution is -2.14. The van der Waals surface area contributed by atoms with Crippen molar-refractivity contribution in [2.45, 2.75) is 26.2 Å². The van der Waals surface area contributed by atoms with Crippen LogP contribution in [-0.4, -0.2) is 15.0 Å². The monoisotopic (exact) mass is 286 g/mol. The maximum atomic E-state index is 5.51. The Balaban J connectivity index is 2.28. The summed E-state index contributed by atoms with van der Waals surface area (Å²) in [6, 6.07) is 8.17. The molecule has 0 aliphatic carbocycles. The van der Waals surface area contributed by atoms with Crippen LogP contribution in [0.2, 0.25) is 0 Å². The van der Waals surface area contributed by atoms with E-state index in [4.69, 9.17) is 18.0 Å². The van der Waals surface area contributed by atoms with Crippen LogP contribution in [0.25, 0.3) is 0 Å². The maximum absolute atomic E-state index is 5.51. The van der Waals surface area contributed by atoms with E-state index in [1.807, 2.05) is 18.2 Å². The van der Waals surface area contributed by atoms with Gasteiger partial charge in [0.2, 0.25) is 0 Å². The molecule has 0 amide bonds. The van der Waals surface area contributed by atoms with E-state index in [9.17, 15) is 0 Å². The van der Waals surface area contributed by atoms with Gasteiger partial charge in [0.15, 0.2) is 0 Å². The Hall–Kier alpha value is -2.01. The van der Waals surface area contributed by atoms with Crippen molar-refractivity contribution in [3.8, 4) is 0 Å². The smallest absolute Gasteiger partial charge is 0.148 e. The van der Waals surface area contributed by atoms with Gasteiger partial charge in [0.25, 0.3) is 0 Å². The van der Waals surface area contributed by atoms with E-state index in [1.54, 1.807) is 12.4 Å². The molecule has 2 rings (SSSR count). The first kappa shape index (κ1) is 14.4. The largest absolute Gasteiger partial charge is 0.388 e. The number of nitrogens with one attached hydrogen (secondary N) is 1. The second-order valence-electron chi connectivity index (χ2n) is 5.57. The Morgan fingerprint density at radius 1 is 1.15 bits per heavy atom. The highest BCUT2D eigenvalue weighted by atomic mass is 32.1. The fourth-order valence-electron chi connectivity index (χ4n) is 1.90. The van der Waals surface area contributed by atoms with Crippen LogP contribution in [-0.2, 0) is 5.41 Å². The van der Waals surface area contributed by atoms with E-state index in [2.05, 4.69) is 42.1 Å². The Bertz CT molecular complexity index is 615. The highest BCUT2D eigenvalue weighted by Gasteiger charge is 2.17. The lowest BCUT2D eigenvalue weighted by Gasteiger charge is -2.23. The number of rotatable bonds is 3. The average molecular weight is 286 g/mol. The zero-order valence-corrected chi connectivity index (χ0v) is 12.7. The average Bonchev–Trinajstić information content (AvgIpc) is 2.38. The van der Waals surface area contributed by atoms with Gasteiger partial charge in [-0.15, -0.1) is 0 Å². The third-order valence-corrected chi connectivity index (χ3v) is 3.11. The number of nitrogens with two attached hydrogens (primary N) is 1. The molecule has 0 bridgehead atoms. The summed E-state index contributed by atoms with van der Waals surface area (Å²) in [4.78, 5) is 8.70. The van der Waals surface area contributed by atoms with Gasteiger partial charge in [0, 0.05) is 5.69 Å². The number of anilines is 2. The van der Waals surface area contributed by atoms with Crippen molar-refractivity contribution in [1.82, 2.24) is 9.97 Å². The summed E-state index contributed by atoms with van der Waals surface area (Å²) in [5, 5.41) is 3.29. The van der Waals surface area contributed by atoms with Gasteiger partial charge in [0.05, 0.1) is 12.4 Å². The number of para-hydroxylation sites is 1. The first-order valence-corrected chi connectivity index (χ1v) is 6.77. The second kappa shape index (κ2) is 5.54. The number of benzene rings is 1. The number of hydrogen-bond acceptors (Lipinski definition) is 4. The molecule has 1 aromatic heterocycles. The minimum absolute atomic E-state index is 0.0514. The maximum Gasteiger partial charge on any atom is 0.148 e. The van der Waals surface area contributed by atoms with Crippen LogP contribution in [0, 0.1) is 0 Å². The zero-order valence-electron chi connectivity index (χ0n) is 11.8. The predicted octanol–water partition coefficient (Wildman–Crippen LogP) is 3.15. The SMILES string of the molecule is CC(C)(C)c1ccccc1Nc1cnc(C(N)=S)cn1. The second-order valence-corrected chi connectivity index (χ2v) is 6.01. The van der Waals surface area contributed by atoms with Gasteiger partial charge in [-0.1, -0.05) is 51.2 Å². The van der Waals surface area contributed by atoms with E-state index in [-0.39, 0.29) is 10.4 Å². The quantitative estimate of drug-likeness (QED) is 0.849. The molecular weight excluding hydrogens is 268 g/mol. The molecule has 0 unspecified atom stereocenters. The summed E-state index contributed by atoms with van der Waals surface area (Å²) in [6.45, 7) is 6.53. The zero-order chi connectivity index (χ0) is 14.8. The number of nitrogens with zero attached hydrogens (tertiary/aromatic N) is 2. The van der Waals surface area contributed by atoms with Crippen molar-refractivity contribution in [3.63, 3.8) is 0 Å². The van der Waals surface area contributed by atoms with Crippen LogP contribution in [0.15, 0.2) is 36.7 Å². The summed E-state index contributed by atoms with van der Waals surface area (Å²) >= 11 is 4.86. The molecule has 3 N–H and O–H groups in total. The number of hydrogen-bond donors (Lipinski definition) is 2. The van der Waals surface area contributed by atoms with Crippen molar-refractivity contribution >= 4 is 28.7 Å². The first-order chi connectivity index (χ1) is 9.38. The van der Waals surface area contributed by atoms with Gasteiger partial charge >= 0.3 is 0 Å². The molecule has 0 saturated carbocycles. The Kier molecular flexibility index (Phi) is 3.99. The summed E-state index contributed by atoms with van der Waals surface area (Å²) in [7, 11) is 0. The molecule has 0 saturated heterocycles. The molecule has 5 heteroatoms. The summed E-state index contributed by atoms with van der Waals surface area (Å²) < 4.78 is 0. The van der Waals surface area contributed by atoms with E-state index >= 15 is 0 Å². The highest BCUT2D eigenvalue weighted by Crippen LogP contribution is 2.30. The Labute approximate surface area is 124 Å². The van der Waals surface area contributed by atoms with Gasteiger partial charge < -0.3 is 11.1 Å². The normalized spacial score (nSPS) is 11.2. The third-order valence-electron chi connectivity index (χ3n) is 2.90. The van der Waals surface area contributed by atoms with Crippen LogP contribution in [0.4, 0.5) is 11.5 Å². The van der Waals surface area contributed by atoms with Gasteiger partial charge in [-0.2, -0.15) is 0 Å². The molecule has 1 aromatic carbocycles. The van der Waals surface area contributed by atoms with E-state index in [0.29, 0.717) is 11.5 Å². The highest BCUT2D eigenvalue weighted by molar-refractivity contribution is 7.80. The molecule has 4 nitrogen and oxygen atoms in total. The molecule has 0 fully saturated rings. The van der Waals surface area contributed by atoms with E-state index in [0.717, 1.165) is 5.69 Å². The van der Waals surface area contributed by atoms with Crippen LogP contribution < -0.4 is 11.1 Å². The fraction of sp³-hybridized carbons (Fsp3) is 0.267. The standard InChI is InChI=1S/C15H18N4S/c1-15(2,3)10-6-4-5-7-11(10)19-13-9-17-12(8-18-13)14(16)20/h4-9H,1-3H3,(H2,16,20)(H,18,19). The molecule has 104 valence electrons. The van der Waals surface area contributed by atoms with Crippen molar-refractivity contribution in [3.05, 3.63) is 47.9 Å². The minimum atomic E-state index is 0.0514. The van der Waals surface area contributed by atoms with E-state index in [1.165, 1.54) is 5.56 Å². The summed E-state index contributed by atoms with van der Waals surface area (Å²) in [6.07, 6.45) is 3.21. The van der Waals surface area contributed by atoms with Gasteiger partial charge in [-0.25, -0.2) is 9.97 Å². The summed E-state index contributed by atoms with van der Waals surface area (Å²) in [5.74, 6) is 0.668. The van der Waals surface area contributed by atoms with E-state index < -0.39 is 0 Å². The fourth-order valence-corrected chi connectivity index (χ4v) is 2.01. The molecule has 0 atom stereocenters. The molecule has 0 aliphatic heterocycles. The lowest BCUT2D eigenvalue weighted by molar-refractivity contribution is 0.592. The molecular formula is C15H18N4S. The van der Waals surface area contributed by atoms with Gasteiger partial charge in [0.1, 0.15) is 16.5 Å². The summed E-state index contributed by atoms with van der Waals surface area (Å²) in [5.41, 5.74) is 8.33. The van der Waals surface area contributed by atoms with Crippen molar-refractivity contribution in [2.24, 2.45) is 5.73 Å². The van der Waals surface area contributed by atoms with Crippen LogP contribution in [0.5, 0.6) is 0 Å². The number of aromatic nitrogens is 2. The van der Waals surface area contributed by atoms with Gasteiger partial charge in [-0.05, 0) is 17.0 Å². The molecule has 2 aromatic rings. The topological polar surface area (TPSA) is 63.8 Å². The molecule has 0 aliphatic rings. The molecule has 1 heterocycles. The molecule has 0 spiro atoms. The Morgan fingerprint density at radius 3 is 2.40 bits per heavy atom. The minimum Gasteiger partial charge on any atom is -0.388 e. The predicted molar refractivity (Wildman–Crippen MR) is 86.3 cm³/mol.